The Bertz CT molecular complexity index is 639. The minimum atomic E-state index is 0.0417. The molecule has 130 valence electrons. The van der Waals surface area contributed by atoms with Gasteiger partial charge in [-0.25, -0.2) is 4.98 Å². The summed E-state index contributed by atoms with van der Waals surface area (Å²) in [6, 6.07) is 5.08. The van der Waals surface area contributed by atoms with Crippen LogP contribution < -0.4 is 10.1 Å². The van der Waals surface area contributed by atoms with Gasteiger partial charge in [0.2, 0.25) is 5.91 Å². The summed E-state index contributed by atoms with van der Waals surface area (Å²) in [5.74, 6) is 1.58. The molecule has 2 rings (SSSR count). The Hall–Kier alpha value is -0.950. The van der Waals surface area contributed by atoms with Crippen LogP contribution in [0.2, 0.25) is 10.0 Å². The van der Waals surface area contributed by atoms with Crippen molar-refractivity contribution in [2.45, 2.75) is 23.6 Å². The van der Waals surface area contributed by atoms with Crippen LogP contribution in [0.4, 0.5) is 0 Å². The first-order valence-electron chi connectivity index (χ1n) is 7.52. The summed E-state index contributed by atoms with van der Waals surface area (Å²) in [5, 5.41) is 5.92. The molecule has 1 aromatic heterocycles. The van der Waals surface area contributed by atoms with E-state index in [9.17, 15) is 4.79 Å². The van der Waals surface area contributed by atoms with Crippen LogP contribution in [0.5, 0.6) is 5.75 Å². The molecule has 24 heavy (non-hydrogen) atoms. The number of carbonyl (C=O) groups excluding carboxylic acids is 1. The summed E-state index contributed by atoms with van der Waals surface area (Å²) in [5.41, 5.74) is 0. The number of carbonyl (C=O) groups is 1. The molecule has 0 aliphatic heterocycles. The van der Waals surface area contributed by atoms with Crippen LogP contribution in [-0.4, -0.2) is 29.8 Å². The van der Waals surface area contributed by atoms with Gasteiger partial charge in [-0.05, 0) is 31.0 Å². The Balaban J connectivity index is 1.50. The molecule has 0 saturated heterocycles. The molecule has 0 bridgehead atoms. The lowest BCUT2D eigenvalue weighted by Crippen LogP contribution is -2.24. The third-order valence-corrected chi connectivity index (χ3v) is 5.56. The van der Waals surface area contributed by atoms with Crippen molar-refractivity contribution in [2.75, 3.05) is 18.9 Å². The fourth-order valence-electron chi connectivity index (χ4n) is 1.84. The molecule has 0 aliphatic rings. The standard InChI is InChI=1S/C16H18Cl2N2O2S2/c17-12-4-5-14(13(18)11-12)22-8-1-3-15(21)19-6-2-9-23-16-20-7-10-24-16/h4-5,7,10-11H,1-3,6,8-9H2,(H,19,21). The van der Waals surface area contributed by atoms with Crippen LogP contribution in [0.1, 0.15) is 19.3 Å². The molecule has 1 aromatic carbocycles. The number of halogens is 2. The van der Waals surface area contributed by atoms with Gasteiger partial charge in [0.15, 0.2) is 0 Å². The molecule has 0 radical (unpaired) electrons. The summed E-state index contributed by atoms with van der Waals surface area (Å²) in [6.45, 7) is 1.12. The summed E-state index contributed by atoms with van der Waals surface area (Å²) >= 11 is 15.2. The van der Waals surface area contributed by atoms with Gasteiger partial charge in [0.1, 0.15) is 10.1 Å². The van der Waals surface area contributed by atoms with E-state index >= 15 is 0 Å². The minimum absolute atomic E-state index is 0.0417. The summed E-state index contributed by atoms with van der Waals surface area (Å²) in [4.78, 5) is 15.9. The van der Waals surface area contributed by atoms with Gasteiger partial charge in [0, 0.05) is 35.3 Å². The van der Waals surface area contributed by atoms with Gasteiger partial charge in [-0.15, -0.1) is 11.3 Å². The number of nitrogens with zero attached hydrogens (tertiary/aromatic N) is 1. The highest BCUT2D eigenvalue weighted by atomic mass is 35.5. The fraction of sp³-hybridized carbons (Fsp3) is 0.375. The van der Waals surface area contributed by atoms with Gasteiger partial charge in [-0.1, -0.05) is 35.0 Å². The third kappa shape index (κ3) is 7.30. The number of aromatic nitrogens is 1. The van der Waals surface area contributed by atoms with Gasteiger partial charge in [0.25, 0.3) is 0 Å². The van der Waals surface area contributed by atoms with Gasteiger partial charge in [-0.3, -0.25) is 4.79 Å². The average Bonchev–Trinajstić information content (AvgIpc) is 3.06. The van der Waals surface area contributed by atoms with Crippen molar-refractivity contribution in [3.8, 4) is 5.75 Å². The molecule has 8 heteroatoms. The maximum atomic E-state index is 11.7. The molecule has 1 heterocycles. The molecular formula is C16H18Cl2N2O2S2. The molecule has 0 fully saturated rings. The lowest BCUT2D eigenvalue weighted by molar-refractivity contribution is -0.121. The zero-order chi connectivity index (χ0) is 17.2. The molecule has 1 N–H and O–H groups in total. The number of amides is 1. The van der Waals surface area contributed by atoms with Crippen LogP contribution in [-0.2, 0) is 4.79 Å². The van der Waals surface area contributed by atoms with E-state index in [-0.39, 0.29) is 5.91 Å². The largest absolute Gasteiger partial charge is 0.492 e. The molecule has 0 saturated carbocycles. The van der Waals surface area contributed by atoms with Crippen molar-refractivity contribution >= 4 is 52.2 Å². The Labute approximate surface area is 159 Å². The first-order valence-corrected chi connectivity index (χ1v) is 10.1. The number of nitrogens with one attached hydrogen (secondary N) is 1. The van der Waals surface area contributed by atoms with E-state index in [4.69, 9.17) is 27.9 Å². The summed E-state index contributed by atoms with van der Waals surface area (Å²) < 4.78 is 6.62. The van der Waals surface area contributed by atoms with Crippen LogP contribution in [0, 0.1) is 0 Å². The molecule has 0 atom stereocenters. The third-order valence-electron chi connectivity index (χ3n) is 2.98. The van der Waals surface area contributed by atoms with Crippen LogP contribution in [0.15, 0.2) is 34.1 Å². The lowest BCUT2D eigenvalue weighted by Gasteiger charge is -2.08. The fourth-order valence-corrected chi connectivity index (χ4v) is 3.95. The number of hydrogen-bond donors (Lipinski definition) is 1. The zero-order valence-corrected chi connectivity index (χ0v) is 16.1. The van der Waals surface area contributed by atoms with Crippen molar-refractivity contribution in [3.63, 3.8) is 0 Å². The minimum Gasteiger partial charge on any atom is -0.492 e. The Morgan fingerprint density at radius 2 is 2.21 bits per heavy atom. The smallest absolute Gasteiger partial charge is 0.220 e. The molecule has 1 amide bonds. The van der Waals surface area contributed by atoms with Gasteiger partial charge in [0.05, 0.1) is 11.6 Å². The quantitative estimate of drug-likeness (QED) is 0.451. The van der Waals surface area contributed by atoms with E-state index in [0.717, 1.165) is 16.5 Å². The van der Waals surface area contributed by atoms with Crippen LogP contribution in [0.25, 0.3) is 0 Å². The number of hydrogen-bond acceptors (Lipinski definition) is 5. The predicted molar refractivity (Wildman–Crippen MR) is 102 cm³/mol. The van der Waals surface area contributed by atoms with Gasteiger partial charge in [-0.2, -0.15) is 0 Å². The molecular weight excluding hydrogens is 387 g/mol. The lowest BCUT2D eigenvalue weighted by atomic mass is 10.3. The van der Waals surface area contributed by atoms with Crippen molar-refractivity contribution in [1.82, 2.24) is 10.3 Å². The van der Waals surface area contributed by atoms with Crippen molar-refractivity contribution in [2.24, 2.45) is 0 Å². The number of thiazole rings is 1. The Morgan fingerprint density at radius 1 is 1.33 bits per heavy atom. The van der Waals surface area contributed by atoms with E-state index in [1.54, 1.807) is 47.5 Å². The van der Waals surface area contributed by atoms with E-state index in [2.05, 4.69) is 10.3 Å². The second-order valence-electron chi connectivity index (χ2n) is 4.88. The van der Waals surface area contributed by atoms with Gasteiger partial charge < -0.3 is 10.1 Å². The molecule has 0 spiro atoms. The van der Waals surface area contributed by atoms with Gasteiger partial charge >= 0.3 is 0 Å². The Kier molecular flexibility index (Phi) is 8.74. The topological polar surface area (TPSA) is 51.2 Å². The number of thioether (sulfide) groups is 1. The molecule has 2 aromatic rings. The summed E-state index contributed by atoms with van der Waals surface area (Å²) in [7, 11) is 0. The highest BCUT2D eigenvalue weighted by Crippen LogP contribution is 2.27. The molecule has 0 aliphatic carbocycles. The molecule has 4 nitrogen and oxygen atoms in total. The van der Waals surface area contributed by atoms with E-state index in [1.165, 1.54) is 0 Å². The normalized spacial score (nSPS) is 10.6. The summed E-state index contributed by atoms with van der Waals surface area (Å²) in [6.07, 6.45) is 3.80. The number of benzene rings is 1. The maximum Gasteiger partial charge on any atom is 0.220 e. The first-order chi connectivity index (χ1) is 11.6. The highest BCUT2D eigenvalue weighted by molar-refractivity contribution is 8.00. The van der Waals surface area contributed by atoms with Crippen LogP contribution in [0.3, 0.4) is 0 Å². The van der Waals surface area contributed by atoms with Crippen molar-refractivity contribution in [1.29, 1.82) is 0 Å². The van der Waals surface area contributed by atoms with Crippen molar-refractivity contribution in [3.05, 3.63) is 39.8 Å². The van der Waals surface area contributed by atoms with Crippen molar-refractivity contribution < 1.29 is 9.53 Å². The maximum absolute atomic E-state index is 11.7. The first kappa shape index (κ1) is 19.4. The zero-order valence-electron chi connectivity index (χ0n) is 13.0. The molecule has 0 unspecified atom stereocenters. The predicted octanol–water partition coefficient (Wildman–Crippen LogP) is 4.91. The Morgan fingerprint density at radius 3 is 2.96 bits per heavy atom. The second kappa shape index (κ2) is 10.8. The SMILES string of the molecule is O=C(CCCOc1ccc(Cl)cc1Cl)NCCCSc1nccs1. The number of ether oxygens (including phenoxy) is 1. The van der Waals surface area contributed by atoms with E-state index < -0.39 is 0 Å². The van der Waals surface area contributed by atoms with E-state index in [0.29, 0.717) is 41.8 Å². The highest BCUT2D eigenvalue weighted by Gasteiger charge is 2.04. The number of rotatable bonds is 10. The monoisotopic (exact) mass is 404 g/mol. The van der Waals surface area contributed by atoms with Crippen LogP contribution >= 0.6 is 46.3 Å². The van der Waals surface area contributed by atoms with E-state index in [1.807, 2.05) is 5.38 Å². The average molecular weight is 405 g/mol. The second-order valence-corrected chi connectivity index (χ2v) is 7.96.